The van der Waals surface area contributed by atoms with Crippen molar-refractivity contribution in [2.45, 2.75) is 13.0 Å². The lowest BCUT2D eigenvalue weighted by molar-refractivity contribution is 0.220. The molecule has 1 aromatic heterocycles. The molecule has 0 spiro atoms. The van der Waals surface area contributed by atoms with Crippen LogP contribution in [0.25, 0.3) is 0 Å². The molecule has 0 aliphatic rings. The summed E-state index contributed by atoms with van der Waals surface area (Å²) >= 11 is 1.51. The highest BCUT2D eigenvalue weighted by Gasteiger charge is 2.13. The van der Waals surface area contributed by atoms with Gasteiger partial charge in [0.05, 0.1) is 0 Å². The third-order valence-electron chi connectivity index (χ3n) is 2.33. The van der Waals surface area contributed by atoms with E-state index in [0.717, 1.165) is 17.0 Å². The average molecular weight is 240 g/mol. The Morgan fingerprint density at radius 1 is 1.12 bits per heavy atom. The number of hydrogen-bond donors (Lipinski definition) is 1. The van der Waals surface area contributed by atoms with Gasteiger partial charge in [-0.3, -0.25) is 0 Å². The van der Waals surface area contributed by atoms with E-state index in [0.29, 0.717) is 11.1 Å². The average Bonchev–Trinajstić information content (AvgIpc) is 2.68. The van der Waals surface area contributed by atoms with Gasteiger partial charge in [0.25, 0.3) is 0 Å². The van der Waals surface area contributed by atoms with E-state index in [2.05, 4.69) is 0 Å². The van der Waals surface area contributed by atoms with Crippen LogP contribution in [0, 0.1) is 18.6 Å². The minimum atomic E-state index is -0.941. The van der Waals surface area contributed by atoms with Gasteiger partial charge in [-0.15, -0.1) is 11.3 Å². The number of aryl methyl sites for hydroxylation is 1. The molecule has 0 saturated heterocycles. The summed E-state index contributed by atoms with van der Waals surface area (Å²) < 4.78 is 25.7. The molecule has 2 rings (SSSR count). The van der Waals surface area contributed by atoms with E-state index < -0.39 is 17.7 Å². The molecule has 1 nitrogen and oxygen atoms in total. The second kappa shape index (κ2) is 4.31. The summed E-state index contributed by atoms with van der Waals surface area (Å²) in [4.78, 5) is 1.07. The molecule has 2 aromatic rings. The van der Waals surface area contributed by atoms with Crippen LogP contribution >= 0.6 is 11.3 Å². The van der Waals surface area contributed by atoms with Gasteiger partial charge < -0.3 is 5.11 Å². The van der Waals surface area contributed by atoms with Crippen molar-refractivity contribution in [3.8, 4) is 0 Å². The molecular weight excluding hydrogens is 230 g/mol. The van der Waals surface area contributed by atoms with Crippen molar-refractivity contribution < 1.29 is 13.9 Å². The maximum absolute atomic E-state index is 13.0. The highest BCUT2D eigenvalue weighted by Crippen LogP contribution is 2.26. The zero-order chi connectivity index (χ0) is 11.7. The van der Waals surface area contributed by atoms with Crippen molar-refractivity contribution >= 4 is 11.3 Å². The number of hydrogen-bond acceptors (Lipinski definition) is 2. The minimum absolute atomic E-state index is 0.358. The van der Waals surface area contributed by atoms with Crippen molar-refractivity contribution in [3.05, 3.63) is 57.3 Å². The lowest BCUT2D eigenvalue weighted by Crippen LogP contribution is -1.99. The third kappa shape index (κ3) is 2.13. The number of aliphatic hydroxyl groups is 1. The standard InChI is InChI=1S/C12H10F2OS/c1-7-4-9(6-16-7)12(15)8-2-3-10(13)11(14)5-8/h2-6,12,15H,1H3. The van der Waals surface area contributed by atoms with Crippen LogP contribution in [0.2, 0.25) is 0 Å². The fourth-order valence-electron chi connectivity index (χ4n) is 1.48. The molecule has 1 N–H and O–H groups in total. The summed E-state index contributed by atoms with van der Waals surface area (Å²) in [6.45, 7) is 1.92. The van der Waals surface area contributed by atoms with Crippen molar-refractivity contribution in [1.29, 1.82) is 0 Å². The molecular formula is C12H10F2OS. The molecule has 0 saturated carbocycles. The van der Waals surface area contributed by atoms with E-state index >= 15 is 0 Å². The molecule has 1 atom stereocenters. The minimum Gasteiger partial charge on any atom is -0.384 e. The van der Waals surface area contributed by atoms with Crippen molar-refractivity contribution in [2.24, 2.45) is 0 Å². The predicted octanol–water partition coefficient (Wildman–Crippen LogP) is 3.42. The Balaban J connectivity index is 2.33. The van der Waals surface area contributed by atoms with Gasteiger partial charge in [0.1, 0.15) is 6.10 Å². The Bertz CT molecular complexity index is 507. The van der Waals surface area contributed by atoms with E-state index in [9.17, 15) is 13.9 Å². The quantitative estimate of drug-likeness (QED) is 0.852. The van der Waals surface area contributed by atoms with Crippen LogP contribution in [0.1, 0.15) is 22.1 Å². The summed E-state index contributed by atoms with van der Waals surface area (Å²) in [5.74, 6) is -1.85. The van der Waals surface area contributed by atoms with E-state index in [-0.39, 0.29) is 0 Å². The summed E-state index contributed by atoms with van der Waals surface area (Å²) in [6, 6.07) is 5.26. The number of halogens is 2. The van der Waals surface area contributed by atoms with Crippen LogP contribution in [0.15, 0.2) is 29.6 Å². The highest BCUT2D eigenvalue weighted by molar-refractivity contribution is 7.10. The van der Waals surface area contributed by atoms with E-state index in [1.54, 1.807) is 5.38 Å². The lowest BCUT2D eigenvalue weighted by atomic mass is 10.0. The first-order valence-electron chi connectivity index (χ1n) is 4.76. The molecule has 0 amide bonds. The molecule has 0 aliphatic heterocycles. The monoisotopic (exact) mass is 240 g/mol. The fraction of sp³-hybridized carbons (Fsp3) is 0.167. The maximum atomic E-state index is 13.0. The van der Waals surface area contributed by atoms with Gasteiger partial charge >= 0.3 is 0 Å². The predicted molar refractivity (Wildman–Crippen MR) is 59.5 cm³/mol. The van der Waals surface area contributed by atoms with Gasteiger partial charge in [0, 0.05) is 4.88 Å². The van der Waals surface area contributed by atoms with Crippen LogP contribution in [0.3, 0.4) is 0 Å². The molecule has 16 heavy (non-hydrogen) atoms. The maximum Gasteiger partial charge on any atom is 0.159 e. The summed E-state index contributed by atoms with van der Waals surface area (Å²) in [5, 5.41) is 11.7. The van der Waals surface area contributed by atoms with Gasteiger partial charge in [0.2, 0.25) is 0 Å². The fourth-order valence-corrected chi connectivity index (χ4v) is 2.21. The van der Waals surface area contributed by atoms with Crippen LogP contribution < -0.4 is 0 Å². The second-order valence-electron chi connectivity index (χ2n) is 3.57. The van der Waals surface area contributed by atoms with Crippen molar-refractivity contribution in [2.75, 3.05) is 0 Å². The zero-order valence-corrected chi connectivity index (χ0v) is 9.39. The first-order chi connectivity index (χ1) is 7.58. The Hall–Kier alpha value is -1.26. The van der Waals surface area contributed by atoms with Gasteiger partial charge in [-0.05, 0) is 41.6 Å². The van der Waals surface area contributed by atoms with Crippen molar-refractivity contribution in [1.82, 2.24) is 0 Å². The molecule has 1 unspecified atom stereocenters. The summed E-state index contributed by atoms with van der Waals surface area (Å²) in [5.41, 5.74) is 1.06. The topological polar surface area (TPSA) is 20.2 Å². The zero-order valence-electron chi connectivity index (χ0n) is 8.58. The second-order valence-corrected chi connectivity index (χ2v) is 4.68. The number of benzene rings is 1. The van der Waals surface area contributed by atoms with Gasteiger partial charge in [-0.2, -0.15) is 0 Å². The Labute approximate surface area is 96.0 Å². The van der Waals surface area contributed by atoms with E-state index in [1.165, 1.54) is 17.4 Å². The molecule has 0 aliphatic carbocycles. The highest BCUT2D eigenvalue weighted by atomic mass is 32.1. The first-order valence-corrected chi connectivity index (χ1v) is 5.64. The van der Waals surface area contributed by atoms with Crippen LogP contribution in [0.5, 0.6) is 0 Å². The van der Waals surface area contributed by atoms with Gasteiger partial charge in [-0.1, -0.05) is 6.07 Å². The van der Waals surface area contributed by atoms with Gasteiger partial charge in [-0.25, -0.2) is 8.78 Å². The van der Waals surface area contributed by atoms with Crippen LogP contribution in [-0.4, -0.2) is 5.11 Å². The number of aliphatic hydroxyl groups excluding tert-OH is 1. The molecule has 1 heterocycles. The van der Waals surface area contributed by atoms with Gasteiger partial charge in [0.15, 0.2) is 11.6 Å². The molecule has 0 fully saturated rings. The first kappa shape index (κ1) is 11.2. The Morgan fingerprint density at radius 2 is 1.88 bits per heavy atom. The van der Waals surface area contributed by atoms with Crippen LogP contribution in [-0.2, 0) is 0 Å². The summed E-state index contributed by atoms with van der Waals surface area (Å²) in [6.07, 6.45) is -0.903. The summed E-state index contributed by atoms with van der Waals surface area (Å²) in [7, 11) is 0. The largest absolute Gasteiger partial charge is 0.384 e. The normalized spacial score (nSPS) is 12.8. The SMILES string of the molecule is Cc1cc(C(O)c2ccc(F)c(F)c2)cs1. The molecule has 0 bridgehead atoms. The molecule has 1 aromatic carbocycles. The third-order valence-corrected chi connectivity index (χ3v) is 3.21. The number of thiophene rings is 1. The molecule has 4 heteroatoms. The lowest BCUT2D eigenvalue weighted by Gasteiger charge is -2.09. The van der Waals surface area contributed by atoms with E-state index in [4.69, 9.17) is 0 Å². The van der Waals surface area contributed by atoms with Crippen LogP contribution in [0.4, 0.5) is 8.78 Å². The Kier molecular flexibility index (Phi) is 3.03. The molecule has 84 valence electrons. The smallest absolute Gasteiger partial charge is 0.159 e. The Morgan fingerprint density at radius 3 is 2.44 bits per heavy atom. The number of rotatable bonds is 2. The molecule has 0 radical (unpaired) electrons. The van der Waals surface area contributed by atoms with Crippen molar-refractivity contribution in [3.63, 3.8) is 0 Å². The van der Waals surface area contributed by atoms with E-state index in [1.807, 2.05) is 13.0 Å².